The summed E-state index contributed by atoms with van der Waals surface area (Å²) in [4.78, 5) is 3.93. The Morgan fingerprint density at radius 3 is 2.88 bits per heavy atom. The van der Waals surface area contributed by atoms with Gasteiger partial charge in [-0.15, -0.1) is 0 Å². The van der Waals surface area contributed by atoms with Gasteiger partial charge in [0.25, 0.3) is 0 Å². The highest BCUT2D eigenvalue weighted by atomic mass is 35.5. The highest BCUT2D eigenvalue weighted by Crippen LogP contribution is 2.20. The lowest BCUT2D eigenvalue weighted by Crippen LogP contribution is -2.07. The summed E-state index contributed by atoms with van der Waals surface area (Å²) in [6, 6.07) is 2.02. The van der Waals surface area contributed by atoms with E-state index < -0.39 is 0 Å². The van der Waals surface area contributed by atoms with Crippen LogP contribution < -0.4 is 0 Å². The maximum Gasteiger partial charge on any atom is 0.213 e. The molecule has 0 aliphatic carbocycles. The predicted octanol–water partition coefficient (Wildman–Crippen LogP) is 1.50. The minimum atomic E-state index is 0.370. The molecule has 0 saturated heterocycles. The van der Waals surface area contributed by atoms with Crippen molar-refractivity contribution < 1.29 is 0 Å². The van der Waals surface area contributed by atoms with Crippen molar-refractivity contribution >= 4 is 11.6 Å². The summed E-state index contributed by atoms with van der Waals surface area (Å²) in [6.07, 6.45) is 3.34. The van der Waals surface area contributed by atoms with E-state index in [0.717, 1.165) is 11.4 Å². The molecule has 5 nitrogen and oxygen atoms in total. The number of nitriles is 1. The van der Waals surface area contributed by atoms with Gasteiger partial charge in [-0.05, 0) is 6.92 Å². The monoisotopic (exact) mass is 235 g/mol. The second-order valence-corrected chi connectivity index (χ2v) is 3.84. The first-order chi connectivity index (χ1) is 7.63. The molecule has 82 valence electrons. The summed E-state index contributed by atoms with van der Waals surface area (Å²) >= 11 is 6.13. The third-order valence-electron chi connectivity index (χ3n) is 2.40. The van der Waals surface area contributed by atoms with Gasteiger partial charge in [-0.2, -0.15) is 10.4 Å². The topological polar surface area (TPSA) is 59.4 Å². The number of aryl methyl sites for hydroxylation is 2. The van der Waals surface area contributed by atoms with Crippen molar-refractivity contribution in [1.29, 1.82) is 5.26 Å². The molecule has 0 spiro atoms. The predicted molar refractivity (Wildman–Crippen MR) is 59.0 cm³/mol. The molecule has 2 rings (SSSR count). The first-order valence-electron chi connectivity index (χ1n) is 4.72. The van der Waals surface area contributed by atoms with Gasteiger partial charge in [-0.25, -0.2) is 4.98 Å². The molecule has 0 radical (unpaired) electrons. The standard InChI is InChI=1S/C10H10ClN5/c1-7-10(11)8(15(2)14-7)6-16-4-3-13-9(16)5-12/h3-4H,6H2,1-2H3. The Morgan fingerprint density at radius 1 is 1.56 bits per heavy atom. The van der Waals surface area contributed by atoms with Gasteiger partial charge in [0, 0.05) is 19.4 Å². The van der Waals surface area contributed by atoms with Gasteiger partial charge in [0.1, 0.15) is 6.07 Å². The average molecular weight is 236 g/mol. The molecule has 2 aromatic heterocycles. The summed E-state index contributed by atoms with van der Waals surface area (Å²) in [6.45, 7) is 2.35. The van der Waals surface area contributed by atoms with E-state index in [9.17, 15) is 0 Å². The second kappa shape index (κ2) is 3.99. The van der Waals surface area contributed by atoms with Gasteiger partial charge in [-0.3, -0.25) is 4.68 Å². The Morgan fingerprint density at radius 2 is 2.31 bits per heavy atom. The Hall–Kier alpha value is -1.80. The molecule has 0 aliphatic rings. The van der Waals surface area contributed by atoms with Crippen LogP contribution in [-0.2, 0) is 13.6 Å². The highest BCUT2D eigenvalue weighted by Gasteiger charge is 2.12. The zero-order chi connectivity index (χ0) is 11.7. The first-order valence-corrected chi connectivity index (χ1v) is 5.10. The van der Waals surface area contributed by atoms with Crippen molar-refractivity contribution in [2.75, 3.05) is 0 Å². The van der Waals surface area contributed by atoms with E-state index >= 15 is 0 Å². The van der Waals surface area contributed by atoms with Gasteiger partial charge in [0.05, 0.1) is 23.0 Å². The van der Waals surface area contributed by atoms with Crippen LogP contribution in [0.2, 0.25) is 5.02 Å². The fraction of sp³-hybridized carbons (Fsp3) is 0.300. The molecule has 0 aromatic carbocycles. The van der Waals surface area contributed by atoms with Crippen LogP contribution in [0.15, 0.2) is 12.4 Å². The summed E-state index contributed by atoms with van der Waals surface area (Å²) in [5, 5.41) is 13.7. The van der Waals surface area contributed by atoms with Crippen molar-refractivity contribution in [2.24, 2.45) is 7.05 Å². The fourth-order valence-corrected chi connectivity index (χ4v) is 1.78. The van der Waals surface area contributed by atoms with E-state index in [-0.39, 0.29) is 0 Å². The smallest absolute Gasteiger partial charge is 0.213 e. The molecule has 0 bridgehead atoms. The van der Waals surface area contributed by atoms with Crippen LogP contribution in [0.1, 0.15) is 17.2 Å². The van der Waals surface area contributed by atoms with Crippen molar-refractivity contribution in [1.82, 2.24) is 19.3 Å². The van der Waals surface area contributed by atoms with Crippen LogP contribution >= 0.6 is 11.6 Å². The van der Waals surface area contributed by atoms with Crippen LogP contribution in [0.25, 0.3) is 0 Å². The lowest BCUT2D eigenvalue weighted by molar-refractivity contribution is 0.659. The van der Waals surface area contributed by atoms with Crippen LogP contribution in [0.4, 0.5) is 0 Å². The largest absolute Gasteiger partial charge is 0.317 e. The van der Waals surface area contributed by atoms with Crippen molar-refractivity contribution in [3.63, 3.8) is 0 Å². The van der Waals surface area contributed by atoms with Gasteiger partial charge in [0.15, 0.2) is 0 Å². The number of halogens is 1. The summed E-state index contributed by atoms with van der Waals surface area (Å²) in [7, 11) is 1.83. The molecule has 0 amide bonds. The zero-order valence-electron chi connectivity index (χ0n) is 8.98. The minimum Gasteiger partial charge on any atom is -0.317 e. The first kappa shape index (κ1) is 10.7. The molecule has 16 heavy (non-hydrogen) atoms. The van der Waals surface area contributed by atoms with Crippen LogP contribution in [0.3, 0.4) is 0 Å². The minimum absolute atomic E-state index is 0.370. The maximum absolute atomic E-state index is 8.84. The van der Waals surface area contributed by atoms with E-state index in [1.807, 2.05) is 20.0 Å². The average Bonchev–Trinajstić information content (AvgIpc) is 2.79. The lowest BCUT2D eigenvalue weighted by atomic mass is 10.3. The molecular formula is C10H10ClN5. The maximum atomic E-state index is 8.84. The van der Waals surface area contributed by atoms with E-state index in [1.54, 1.807) is 21.6 Å². The van der Waals surface area contributed by atoms with Crippen molar-refractivity contribution in [3.8, 4) is 6.07 Å². The number of nitrogens with zero attached hydrogens (tertiary/aromatic N) is 5. The molecule has 6 heteroatoms. The number of imidazole rings is 1. The van der Waals surface area contributed by atoms with Crippen LogP contribution in [0, 0.1) is 18.3 Å². The molecule has 0 N–H and O–H groups in total. The third-order valence-corrected chi connectivity index (χ3v) is 2.89. The highest BCUT2D eigenvalue weighted by molar-refractivity contribution is 6.31. The Balaban J connectivity index is 2.38. The van der Waals surface area contributed by atoms with Crippen molar-refractivity contribution in [3.05, 3.63) is 34.6 Å². The molecule has 0 aliphatic heterocycles. The Kier molecular flexibility index (Phi) is 2.67. The van der Waals surface area contributed by atoms with Gasteiger partial charge < -0.3 is 4.57 Å². The number of hydrogen-bond donors (Lipinski definition) is 0. The zero-order valence-corrected chi connectivity index (χ0v) is 9.73. The quantitative estimate of drug-likeness (QED) is 0.793. The third kappa shape index (κ3) is 1.68. The summed E-state index contributed by atoms with van der Waals surface area (Å²) in [5.74, 6) is 0.370. The molecular weight excluding hydrogens is 226 g/mol. The van der Waals surface area contributed by atoms with Crippen LogP contribution in [0.5, 0.6) is 0 Å². The van der Waals surface area contributed by atoms with Gasteiger partial charge >= 0.3 is 0 Å². The number of aromatic nitrogens is 4. The Bertz CT molecular complexity index is 560. The number of hydrogen-bond acceptors (Lipinski definition) is 3. The van der Waals surface area contributed by atoms with E-state index in [0.29, 0.717) is 17.4 Å². The van der Waals surface area contributed by atoms with Crippen molar-refractivity contribution in [2.45, 2.75) is 13.5 Å². The van der Waals surface area contributed by atoms with E-state index in [4.69, 9.17) is 16.9 Å². The second-order valence-electron chi connectivity index (χ2n) is 3.46. The van der Waals surface area contributed by atoms with E-state index in [1.165, 1.54) is 0 Å². The van der Waals surface area contributed by atoms with Gasteiger partial charge in [-0.1, -0.05) is 11.6 Å². The molecule has 0 atom stereocenters. The molecule has 0 unspecified atom stereocenters. The molecule has 2 aromatic rings. The SMILES string of the molecule is Cc1nn(C)c(Cn2ccnc2C#N)c1Cl. The lowest BCUT2D eigenvalue weighted by Gasteiger charge is -2.04. The number of rotatable bonds is 2. The summed E-state index contributed by atoms with van der Waals surface area (Å²) in [5.41, 5.74) is 1.66. The van der Waals surface area contributed by atoms with Gasteiger partial charge in [0.2, 0.25) is 5.82 Å². The molecule has 2 heterocycles. The fourth-order valence-electron chi connectivity index (χ4n) is 1.56. The van der Waals surface area contributed by atoms with Crippen LogP contribution in [-0.4, -0.2) is 19.3 Å². The molecule has 0 fully saturated rings. The van der Waals surface area contributed by atoms with E-state index in [2.05, 4.69) is 10.1 Å². The Labute approximate surface area is 97.9 Å². The summed E-state index contributed by atoms with van der Waals surface area (Å²) < 4.78 is 3.46. The molecule has 0 saturated carbocycles. The normalized spacial score (nSPS) is 10.4.